The maximum absolute atomic E-state index is 13.5. The van der Waals surface area contributed by atoms with E-state index in [1.807, 2.05) is 49.4 Å². The van der Waals surface area contributed by atoms with Crippen molar-refractivity contribution in [1.82, 2.24) is 15.1 Å². The Morgan fingerprint density at radius 2 is 1.72 bits per heavy atom. The van der Waals surface area contributed by atoms with E-state index in [9.17, 15) is 9.59 Å². The van der Waals surface area contributed by atoms with Crippen molar-refractivity contribution in [2.75, 3.05) is 33.3 Å². The monoisotopic (exact) mass is 528 g/mol. The van der Waals surface area contributed by atoms with Crippen molar-refractivity contribution < 1.29 is 14.3 Å². The smallest absolute Gasteiger partial charge is 0.254 e. The van der Waals surface area contributed by atoms with Crippen LogP contribution in [0.1, 0.15) is 39.9 Å². The molecule has 3 aromatic rings. The lowest BCUT2D eigenvalue weighted by Gasteiger charge is -2.43. The lowest BCUT2D eigenvalue weighted by molar-refractivity contribution is -0.127. The van der Waals surface area contributed by atoms with Crippen molar-refractivity contribution in [3.8, 4) is 5.75 Å². The normalized spacial score (nSPS) is 17.2. The van der Waals surface area contributed by atoms with Crippen molar-refractivity contribution in [3.05, 3.63) is 101 Å². The van der Waals surface area contributed by atoms with Gasteiger partial charge in [0.15, 0.2) is 0 Å². The first kappa shape index (κ1) is 28.3. The summed E-state index contributed by atoms with van der Waals surface area (Å²) in [7, 11) is 1.67. The summed E-state index contributed by atoms with van der Waals surface area (Å²) in [6, 6.07) is 25.8. The first-order valence-electron chi connectivity index (χ1n) is 13.7. The molecule has 1 aliphatic heterocycles. The molecule has 206 valence electrons. The van der Waals surface area contributed by atoms with Gasteiger partial charge in [0.1, 0.15) is 11.8 Å². The number of hydrogen-bond donors (Lipinski definition) is 2. The van der Waals surface area contributed by atoms with Crippen LogP contribution in [-0.2, 0) is 17.8 Å². The van der Waals surface area contributed by atoms with Gasteiger partial charge < -0.3 is 20.7 Å². The Bertz CT molecular complexity index is 1200. The van der Waals surface area contributed by atoms with Gasteiger partial charge in [-0.2, -0.15) is 0 Å². The van der Waals surface area contributed by atoms with Gasteiger partial charge in [-0.3, -0.25) is 14.5 Å². The molecular weight excluding hydrogens is 488 g/mol. The first-order chi connectivity index (χ1) is 19.0. The molecule has 0 radical (unpaired) electrons. The number of rotatable bonds is 11. The lowest BCUT2D eigenvalue weighted by Crippen LogP contribution is -2.57. The molecular formula is C32H40N4O3. The highest BCUT2D eigenvalue weighted by molar-refractivity contribution is 5.97. The Balaban J connectivity index is 1.56. The Morgan fingerprint density at radius 1 is 1.00 bits per heavy atom. The van der Waals surface area contributed by atoms with E-state index in [2.05, 4.69) is 46.6 Å². The third kappa shape index (κ3) is 7.68. The highest BCUT2D eigenvalue weighted by Gasteiger charge is 2.38. The molecule has 3 N–H and O–H groups in total. The van der Waals surface area contributed by atoms with Crippen molar-refractivity contribution >= 4 is 11.8 Å². The number of nitrogens with two attached hydrogens (primary N) is 1. The van der Waals surface area contributed by atoms with E-state index in [4.69, 9.17) is 10.5 Å². The van der Waals surface area contributed by atoms with Crippen LogP contribution in [0, 0.1) is 6.92 Å². The number of ether oxygens (including phenoxy) is 1. The second-order valence-corrected chi connectivity index (χ2v) is 10.2. The first-order valence-corrected chi connectivity index (χ1v) is 13.7. The van der Waals surface area contributed by atoms with E-state index in [-0.39, 0.29) is 17.9 Å². The maximum Gasteiger partial charge on any atom is 0.254 e. The molecule has 4 rings (SSSR count). The van der Waals surface area contributed by atoms with Crippen molar-refractivity contribution in [2.45, 2.75) is 44.8 Å². The van der Waals surface area contributed by atoms with Gasteiger partial charge in [0, 0.05) is 44.3 Å². The summed E-state index contributed by atoms with van der Waals surface area (Å²) in [5, 5.41) is 2.94. The number of methoxy groups -OCH3 is 1. The summed E-state index contributed by atoms with van der Waals surface area (Å²) in [6.45, 7) is 4.86. The van der Waals surface area contributed by atoms with Crippen LogP contribution in [0.15, 0.2) is 78.9 Å². The molecule has 0 spiro atoms. The minimum absolute atomic E-state index is 0.104. The summed E-state index contributed by atoms with van der Waals surface area (Å²) in [5.74, 6) is 0.583. The molecule has 0 aromatic heterocycles. The van der Waals surface area contributed by atoms with Crippen LogP contribution in [0.4, 0.5) is 0 Å². The van der Waals surface area contributed by atoms with E-state index in [1.165, 1.54) is 11.1 Å². The minimum Gasteiger partial charge on any atom is -0.497 e. The minimum atomic E-state index is -0.556. The summed E-state index contributed by atoms with van der Waals surface area (Å²) in [4.78, 5) is 31.1. The van der Waals surface area contributed by atoms with Crippen molar-refractivity contribution in [3.63, 3.8) is 0 Å². The summed E-state index contributed by atoms with van der Waals surface area (Å²) in [5.41, 5.74) is 9.83. The number of likely N-dealkylation sites (tertiary alicyclic amines) is 1. The Morgan fingerprint density at radius 3 is 2.38 bits per heavy atom. The highest BCUT2D eigenvalue weighted by atomic mass is 16.5. The van der Waals surface area contributed by atoms with Crippen LogP contribution < -0.4 is 15.8 Å². The topological polar surface area (TPSA) is 87.9 Å². The molecule has 1 aliphatic rings. The zero-order valence-electron chi connectivity index (χ0n) is 23.0. The van der Waals surface area contributed by atoms with Gasteiger partial charge in [0.2, 0.25) is 5.91 Å². The van der Waals surface area contributed by atoms with Crippen LogP contribution in [-0.4, -0.2) is 67.0 Å². The van der Waals surface area contributed by atoms with Crippen molar-refractivity contribution in [1.29, 1.82) is 0 Å². The average molecular weight is 529 g/mol. The molecule has 3 aromatic carbocycles. The molecule has 0 aliphatic carbocycles. The number of carbonyl (C=O) groups excluding carboxylic acids is 2. The second kappa shape index (κ2) is 13.9. The Kier molecular flexibility index (Phi) is 10.1. The SMILES string of the molecule is COc1ccc(CN(CCc2ccccc2)C2CCN(C(=O)c3ccc(C)cc3)[C@@H](C(=O)NCCN)C2)cc1. The number of nitrogens with one attached hydrogen (secondary N) is 1. The number of carbonyl (C=O) groups is 2. The molecule has 1 unspecified atom stereocenters. The standard InChI is InChI=1S/C32H40N4O3/c1-24-8-12-27(13-9-24)32(38)36-21-17-28(22-30(36)31(37)34-19-18-33)35(20-16-25-6-4-3-5-7-25)23-26-10-14-29(39-2)15-11-26/h3-15,28,30H,16-23,33H2,1-2H3,(H,34,37)/t28?,30-/m1/s1. The van der Waals surface area contributed by atoms with E-state index in [1.54, 1.807) is 12.0 Å². The zero-order valence-corrected chi connectivity index (χ0v) is 23.0. The van der Waals surface area contributed by atoms with Gasteiger partial charge in [-0.1, -0.05) is 60.2 Å². The quantitative estimate of drug-likeness (QED) is 0.395. The molecule has 1 heterocycles. The number of hydrogen-bond acceptors (Lipinski definition) is 5. The van der Waals surface area contributed by atoms with E-state index in [0.717, 1.165) is 37.2 Å². The summed E-state index contributed by atoms with van der Waals surface area (Å²) in [6.07, 6.45) is 2.27. The summed E-state index contributed by atoms with van der Waals surface area (Å²) < 4.78 is 5.34. The maximum atomic E-state index is 13.5. The van der Waals surface area contributed by atoms with Gasteiger partial charge in [0.05, 0.1) is 7.11 Å². The number of amides is 2. The van der Waals surface area contributed by atoms with E-state index >= 15 is 0 Å². The van der Waals surface area contributed by atoms with Crippen LogP contribution in [0.25, 0.3) is 0 Å². The van der Waals surface area contributed by atoms with Crippen LogP contribution >= 0.6 is 0 Å². The third-order valence-corrected chi connectivity index (χ3v) is 7.47. The second-order valence-electron chi connectivity index (χ2n) is 10.2. The fraction of sp³-hybridized carbons (Fsp3) is 0.375. The Labute approximate surface area is 231 Å². The number of benzene rings is 3. The van der Waals surface area contributed by atoms with E-state index < -0.39 is 6.04 Å². The molecule has 2 atom stereocenters. The van der Waals surface area contributed by atoms with Crippen LogP contribution in [0.2, 0.25) is 0 Å². The fourth-order valence-corrected chi connectivity index (χ4v) is 5.22. The molecule has 1 fully saturated rings. The number of aryl methyl sites for hydroxylation is 1. The molecule has 0 bridgehead atoms. The third-order valence-electron chi connectivity index (χ3n) is 7.47. The van der Waals surface area contributed by atoms with Gasteiger partial charge in [-0.05, 0) is 61.6 Å². The fourth-order valence-electron chi connectivity index (χ4n) is 5.22. The lowest BCUT2D eigenvalue weighted by atomic mass is 9.93. The van der Waals surface area contributed by atoms with E-state index in [0.29, 0.717) is 31.6 Å². The molecule has 2 amide bonds. The van der Waals surface area contributed by atoms with Crippen LogP contribution in [0.5, 0.6) is 5.75 Å². The average Bonchev–Trinajstić information content (AvgIpc) is 2.98. The van der Waals surface area contributed by atoms with Crippen molar-refractivity contribution in [2.24, 2.45) is 5.73 Å². The van der Waals surface area contributed by atoms with Gasteiger partial charge in [-0.15, -0.1) is 0 Å². The summed E-state index contributed by atoms with van der Waals surface area (Å²) >= 11 is 0. The predicted molar refractivity (Wildman–Crippen MR) is 155 cm³/mol. The molecule has 1 saturated heterocycles. The van der Waals surface area contributed by atoms with Crippen LogP contribution in [0.3, 0.4) is 0 Å². The van der Waals surface area contributed by atoms with Gasteiger partial charge in [-0.25, -0.2) is 0 Å². The molecule has 0 saturated carbocycles. The molecule has 7 heteroatoms. The van der Waals surface area contributed by atoms with Gasteiger partial charge in [0.25, 0.3) is 5.91 Å². The zero-order chi connectivity index (χ0) is 27.6. The molecule has 7 nitrogen and oxygen atoms in total. The van der Waals surface area contributed by atoms with Gasteiger partial charge >= 0.3 is 0 Å². The largest absolute Gasteiger partial charge is 0.497 e. The highest BCUT2D eigenvalue weighted by Crippen LogP contribution is 2.26. The number of piperidine rings is 1. The number of nitrogens with zero attached hydrogens (tertiary/aromatic N) is 2. The predicted octanol–water partition coefficient (Wildman–Crippen LogP) is 3.80. The molecule has 39 heavy (non-hydrogen) atoms. The Hall–Kier alpha value is -3.68.